The molecule has 1 saturated heterocycles. The summed E-state index contributed by atoms with van der Waals surface area (Å²) in [5, 5.41) is 0.271. The van der Waals surface area contributed by atoms with Gasteiger partial charge in [0.15, 0.2) is 10.8 Å². The van der Waals surface area contributed by atoms with Gasteiger partial charge in [-0.25, -0.2) is 4.98 Å². The summed E-state index contributed by atoms with van der Waals surface area (Å²) in [6.07, 6.45) is 2.76. The van der Waals surface area contributed by atoms with Crippen molar-refractivity contribution in [2.45, 2.75) is 46.4 Å². The van der Waals surface area contributed by atoms with E-state index < -0.39 is 0 Å². The third kappa shape index (κ3) is 2.08. The summed E-state index contributed by atoms with van der Waals surface area (Å²) in [6.45, 7) is 8.78. The largest absolute Gasteiger partial charge is 0.368 e. The van der Waals surface area contributed by atoms with Gasteiger partial charge in [0.25, 0.3) is 0 Å². The Hall–Kier alpha value is -1.40. The van der Waals surface area contributed by atoms with E-state index in [1.807, 2.05) is 4.57 Å². The summed E-state index contributed by atoms with van der Waals surface area (Å²) >= 11 is 6.09. The molecule has 1 aliphatic rings. The third-order valence-electron chi connectivity index (χ3n) is 4.72. The Labute approximate surface area is 128 Å². The van der Waals surface area contributed by atoms with Gasteiger partial charge in [0, 0.05) is 5.41 Å². The van der Waals surface area contributed by atoms with Crippen molar-refractivity contribution in [2.75, 3.05) is 5.73 Å². The number of nitrogens with zero attached hydrogens (tertiary/aromatic N) is 4. The van der Waals surface area contributed by atoms with E-state index >= 15 is 0 Å². The van der Waals surface area contributed by atoms with E-state index in [1.165, 1.54) is 0 Å². The maximum absolute atomic E-state index is 6.25. The topological polar surface area (TPSA) is 78.8 Å². The number of hydrogen-bond acceptors (Lipinski definition) is 5. The maximum atomic E-state index is 6.25. The number of halogens is 1. The monoisotopic (exact) mass is 309 g/mol. The number of aromatic nitrogens is 4. The smallest absolute Gasteiger partial charge is 0.223 e. The number of hydrogen-bond donors (Lipinski definition) is 1. The van der Waals surface area contributed by atoms with Crippen LogP contribution in [-0.4, -0.2) is 25.6 Å². The molecule has 0 aromatic carbocycles. The first-order valence-electron chi connectivity index (χ1n) is 7.17. The standard InChI is InChI=1S/C14H20ClN5O/c1-5-8-7(2)14(3,4)12(21-8)20-6-17-9-10(15)18-13(16)19-11(9)20/h6-8,12H,5H2,1-4H3,(H2,16,18,19)/t7-,8-,12-/m1/s1. The van der Waals surface area contributed by atoms with E-state index in [2.05, 4.69) is 42.6 Å². The second-order valence-electron chi connectivity index (χ2n) is 6.24. The molecular formula is C14H20ClN5O. The highest BCUT2D eigenvalue weighted by atomic mass is 35.5. The minimum atomic E-state index is -0.146. The summed E-state index contributed by atoms with van der Waals surface area (Å²) < 4.78 is 8.17. The second kappa shape index (κ2) is 4.81. The van der Waals surface area contributed by atoms with E-state index in [-0.39, 0.29) is 28.8 Å². The summed E-state index contributed by atoms with van der Waals surface area (Å²) in [4.78, 5) is 12.5. The highest BCUT2D eigenvalue weighted by molar-refractivity contribution is 6.33. The summed E-state index contributed by atoms with van der Waals surface area (Å²) in [5.41, 5.74) is 6.84. The molecule has 1 aliphatic heterocycles. The molecule has 3 rings (SSSR count). The zero-order valence-electron chi connectivity index (χ0n) is 12.7. The van der Waals surface area contributed by atoms with Crippen LogP contribution in [0, 0.1) is 11.3 Å². The van der Waals surface area contributed by atoms with Crippen LogP contribution in [0.4, 0.5) is 5.95 Å². The van der Waals surface area contributed by atoms with Crippen LogP contribution in [0.3, 0.4) is 0 Å². The van der Waals surface area contributed by atoms with Crippen molar-refractivity contribution >= 4 is 28.7 Å². The van der Waals surface area contributed by atoms with Crippen LogP contribution >= 0.6 is 11.6 Å². The molecular weight excluding hydrogens is 290 g/mol. The van der Waals surface area contributed by atoms with E-state index in [4.69, 9.17) is 22.1 Å². The predicted molar refractivity (Wildman–Crippen MR) is 81.9 cm³/mol. The summed E-state index contributed by atoms with van der Waals surface area (Å²) in [7, 11) is 0. The van der Waals surface area contributed by atoms with Gasteiger partial charge in [-0.15, -0.1) is 0 Å². The Balaban J connectivity index is 2.13. The number of anilines is 1. The average Bonchev–Trinajstić information content (AvgIpc) is 2.91. The molecule has 114 valence electrons. The SMILES string of the molecule is CC[C@H]1O[C@@H](n2cnc3c(Cl)nc(N)nc32)C(C)(C)[C@@H]1C. The van der Waals surface area contributed by atoms with Crippen LogP contribution in [0.5, 0.6) is 0 Å². The van der Waals surface area contributed by atoms with Crippen molar-refractivity contribution < 1.29 is 4.74 Å². The molecule has 3 heterocycles. The van der Waals surface area contributed by atoms with Crippen LogP contribution in [0.1, 0.15) is 40.3 Å². The fourth-order valence-corrected chi connectivity index (χ4v) is 3.33. The minimum absolute atomic E-state index is 0.0412. The van der Waals surface area contributed by atoms with Crippen molar-refractivity contribution in [1.29, 1.82) is 0 Å². The number of ether oxygens (including phenoxy) is 1. The molecule has 0 spiro atoms. The quantitative estimate of drug-likeness (QED) is 0.863. The first-order chi connectivity index (χ1) is 9.86. The lowest BCUT2D eigenvalue weighted by Crippen LogP contribution is -2.27. The number of nitrogen functional groups attached to an aromatic ring is 1. The number of fused-ring (bicyclic) bond motifs is 1. The Bertz CT molecular complexity index is 683. The van der Waals surface area contributed by atoms with Gasteiger partial charge in [-0.3, -0.25) is 4.57 Å². The third-order valence-corrected chi connectivity index (χ3v) is 4.99. The van der Waals surface area contributed by atoms with Gasteiger partial charge in [-0.2, -0.15) is 9.97 Å². The highest BCUT2D eigenvalue weighted by Crippen LogP contribution is 2.50. The molecule has 0 unspecified atom stereocenters. The molecule has 0 saturated carbocycles. The van der Waals surface area contributed by atoms with Gasteiger partial charge in [0.2, 0.25) is 5.95 Å². The Morgan fingerprint density at radius 1 is 1.43 bits per heavy atom. The first-order valence-corrected chi connectivity index (χ1v) is 7.55. The lowest BCUT2D eigenvalue weighted by Gasteiger charge is -2.29. The predicted octanol–water partition coefficient (Wildman–Crippen LogP) is 3.03. The normalized spacial score (nSPS) is 28.3. The van der Waals surface area contributed by atoms with Gasteiger partial charge in [-0.1, -0.05) is 39.3 Å². The van der Waals surface area contributed by atoms with E-state index in [1.54, 1.807) is 6.33 Å². The molecule has 3 atom stereocenters. The van der Waals surface area contributed by atoms with E-state index in [0.29, 0.717) is 17.1 Å². The summed E-state index contributed by atoms with van der Waals surface area (Å²) in [5.74, 6) is 0.574. The van der Waals surface area contributed by atoms with Crippen LogP contribution in [0.25, 0.3) is 11.2 Å². The van der Waals surface area contributed by atoms with Crippen LogP contribution in [0.2, 0.25) is 5.15 Å². The van der Waals surface area contributed by atoms with Gasteiger partial charge in [0.05, 0.1) is 12.4 Å². The molecule has 7 heteroatoms. The Kier molecular flexibility index (Phi) is 3.33. The molecule has 0 bridgehead atoms. The van der Waals surface area contributed by atoms with Crippen LogP contribution in [0.15, 0.2) is 6.33 Å². The van der Waals surface area contributed by atoms with E-state index in [9.17, 15) is 0 Å². The molecule has 6 nitrogen and oxygen atoms in total. The van der Waals surface area contributed by atoms with E-state index in [0.717, 1.165) is 6.42 Å². The minimum Gasteiger partial charge on any atom is -0.368 e. The second-order valence-corrected chi connectivity index (χ2v) is 6.60. The van der Waals surface area contributed by atoms with Crippen molar-refractivity contribution in [2.24, 2.45) is 11.3 Å². The molecule has 0 amide bonds. The maximum Gasteiger partial charge on any atom is 0.223 e. The van der Waals surface area contributed by atoms with Crippen molar-refractivity contribution in [3.63, 3.8) is 0 Å². The van der Waals surface area contributed by atoms with Crippen LogP contribution < -0.4 is 5.73 Å². The number of imidazole rings is 1. The van der Waals surface area contributed by atoms with Crippen LogP contribution in [-0.2, 0) is 4.74 Å². The van der Waals surface area contributed by atoms with Gasteiger partial charge in [-0.05, 0) is 12.3 Å². The van der Waals surface area contributed by atoms with Gasteiger partial charge in [0.1, 0.15) is 11.7 Å². The summed E-state index contributed by atoms with van der Waals surface area (Å²) in [6, 6.07) is 0. The Morgan fingerprint density at radius 3 is 2.76 bits per heavy atom. The lowest BCUT2D eigenvalue weighted by molar-refractivity contribution is -0.0295. The number of rotatable bonds is 2. The number of nitrogens with two attached hydrogens (primary N) is 1. The first kappa shape index (κ1) is 14.5. The van der Waals surface area contributed by atoms with Crippen molar-refractivity contribution in [3.8, 4) is 0 Å². The lowest BCUT2D eigenvalue weighted by atomic mass is 9.77. The fourth-order valence-electron chi connectivity index (χ4n) is 3.11. The highest BCUT2D eigenvalue weighted by Gasteiger charge is 2.48. The molecule has 2 aromatic rings. The molecule has 1 fully saturated rings. The van der Waals surface area contributed by atoms with Crippen molar-refractivity contribution in [1.82, 2.24) is 19.5 Å². The molecule has 0 aliphatic carbocycles. The Morgan fingerprint density at radius 2 is 2.14 bits per heavy atom. The molecule has 21 heavy (non-hydrogen) atoms. The zero-order valence-corrected chi connectivity index (χ0v) is 13.4. The van der Waals surface area contributed by atoms with Gasteiger partial charge >= 0.3 is 0 Å². The molecule has 2 N–H and O–H groups in total. The molecule has 2 aromatic heterocycles. The zero-order chi connectivity index (χ0) is 15.4. The molecule has 0 radical (unpaired) electrons. The fraction of sp³-hybridized carbons (Fsp3) is 0.643. The van der Waals surface area contributed by atoms with Gasteiger partial charge < -0.3 is 10.5 Å². The van der Waals surface area contributed by atoms with Crippen molar-refractivity contribution in [3.05, 3.63) is 11.5 Å². The average molecular weight is 310 g/mol.